The molecule has 206 valence electrons. The van der Waals surface area contributed by atoms with Crippen molar-refractivity contribution in [3.63, 3.8) is 0 Å². The van der Waals surface area contributed by atoms with Crippen LogP contribution in [0.4, 0.5) is 10.6 Å². The number of aryl methyl sites for hydroxylation is 2. The number of carbonyl (C=O) groups is 3. The van der Waals surface area contributed by atoms with Crippen LogP contribution in [0.25, 0.3) is 33.0 Å². The fourth-order valence-electron chi connectivity index (χ4n) is 5.56. The molecule has 0 fully saturated rings. The molecule has 9 nitrogen and oxygen atoms in total. The number of benzene rings is 3. The van der Waals surface area contributed by atoms with E-state index in [9.17, 15) is 14.4 Å². The largest absolute Gasteiger partial charge is 0.497 e. The highest BCUT2D eigenvalue weighted by Crippen LogP contribution is 2.43. The van der Waals surface area contributed by atoms with Crippen LogP contribution in [0, 0.1) is 0 Å². The highest BCUT2D eigenvalue weighted by molar-refractivity contribution is 6.51. The number of anilines is 1. The molecule has 9 heteroatoms. The predicted octanol–water partition coefficient (Wildman–Crippen LogP) is 5.02. The van der Waals surface area contributed by atoms with Crippen molar-refractivity contribution >= 4 is 56.7 Å². The number of nitrogens with zero attached hydrogens (tertiary/aromatic N) is 3. The summed E-state index contributed by atoms with van der Waals surface area (Å²) in [7, 11) is 6.89. The average molecular weight is 549 g/mol. The molecule has 0 radical (unpaired) electrons. The summed E-state index contributed by atoms with van der Waals surface area (Å²) < 4.78 is 14.8. The summed E-state index contributed by atoms with van der Waals surface area (Å²) in [6.07, 6.45) is 1.24. The number of nitrogens with one attached hydrogen (secondary N) is 1. The molecule has 1 N–H and O–H groups in total. The van der Waals surface area contributed by atoms with Crippen molar-refractivity contribution in [3.05, 3.63) is 95.7 Å². The van der Waals surface area contributed by atoms with E-state index in [2.05, 4.69) is 5.32 Å². The Balaban J connectivity index is 1.55. The third kappa shape index (κ3) is 4.22. The summed E-state index contributed by atoms with van der Waals surface area (Å²) in [5, 5.41) is 4.02. The Labute approximate surface area is 236 Å². The number of hydrogen-bond acceptors (Lipinski definition) is 5. The molecule has 3 aromatic carbocycles. The first-order valence-corrected chi connectivity index (χ1v) is 13.1. The van der Waals surface area contributed by atoms with E-state index in [1.54, 1.807) is 14.2 Å². The van der Waals surface area contributed by atoms with Crippen LogP contribution in [0.2, 0.25) is 0 Å². The van der Waals surface area contributed by atoms with Crippen LogP contribution in [-0.4, -0.2) is 41.2 Å². The molecule has 41 heavy (non-hydrogen) atoms. The summed E-state index contributed by atoms with van der Waals surface area (Å²) in [6.45, 7) is 0.0929. The number of aromatic nitrogens is 2. The van der Waals surface area contributed by atoms with Crippen LogP contribution < -0.4 is 15.0 Å². The molecule has 0 saturated heterocycles. The number of imide groups is 1. The molecule has 3 heterocycles. The molecular formula is C32H28N4O5. The van der Waals surface area contributed by atoms with Crippen LogP contribution in [0.15, 0.2) is 79.0 Å². The summed E-state index contributed by atoms with van der Waals surface area (Å²) >= 11 is 0. The van der Waals surface area contributed by atoms with Crippen LogP contribution in [0.1, 0.15) is 16.7 Å². The van der Waals surface area contributed by atoms with Crippen molar-refractivity contribution in [2.45, 2.75) is 6.61 Å². The molecule has 1 aliphatic heterocycles. The molecule has 2 aromatic heterocycles. The zero-order chi connectivity index (χ0) is 28.8. The second-order valence-electron chi connectivity index (χ2n) is 9.94. The van der Waals surface area contributed by atoms with Gasteiger partial charge in [-0.1, -0.05) is 48.5 Å². The van der Waals surface area contributed by atoms with Gasteiger partial charge in [0.2, 0.25) is 0 Å². The number of carbonyl (C=O) groups excluding carboxylic acids is 3. The quantitative estimate of drug-likeness (QED) is 0.301. The van der Waals surface area contributed by atoms with Gasteiger partial charge in [-0.2, -0.15) is 0 Å². The number of hydrogen-bond donors (Lipinski definition) is 1. The third-order valence-electron chi connectivity index (χ3n) is 7.52. The SMILES string of the molecule is COc1ccc2c(C3=C(c4c(N(C)C(=O)OCc5ccccc5)n(C)c5ccccc45)C(=O)NC3=O)cn(C)c2c1. The summed E-state index contributed by atoms with van der Waals surface area (Å²) in [5.41, 5.74) is 4.02. The van der Waals surface area contributed by atoms with Gasteiger partial charge in [-0.25, -0.2) is 4.79 Å². The number of para-hydroxylation sites is 1. The van der Waals surface area contributed by atoms with E-state index in [0.29, 0.717) is 22.7 Å². The van der Waals surface area contributed by atoms with Gasteiger partial charge in [0.15, 0.2) is 0 Å². The van der Waals surface area contributed by atoms with E-state index in [-0.39, 0.29) is 17.8 Å². The van der Waals surface area contributed by atoms with Crippen LogP contribution in [0.3, 0.4) is 0 Å². The highest BCUT2D eigenvalue weighted by atomic mass is 16.6. The molecule has 6 rings (SSSR count). The molecule has 0 saturated carbocycles. The first-order valence-electron chi connectivity index (χ1n) is 13.1. The Morgan fingerprint density at radius 2 is 1.59 bits per heavy atom. The summed E-state index contributed by atoms with van der Waals surface area (Å²) in [4.78, 5) is 41.7. The first kappa shape index (κ1) is 25.9. The minimum Gasteiger partial charge on any atom is -0.497 e. The maximum Gasteiger partial charge on any atom is 0.415 e. The van der Waals surface area contributed by atoms with Gasteiger partial charge in [-0.3, -0.25) is 19.8 Å². The van der Waals surface area contributed by atoms with Crippen LogP contribution >= 0.6 is 0 Å². The second-order valence-corrected chi connectivity index (χ2v) is 9.94. The second kappa shape index (κ2) is 10.0. The molecule has 0 spiro atoms. The van der Waals surface area contributed by atoms with Gasteiger partial charge >= 0.3 is 6.09 Å². The van der Waals surface area contributed by atoms with Crippen LogP contribution in [0.5, 0.6) is 5.75 Å². The maximum atomic E-state index is 13.6. The van der Waals surface area contributed by atoms with E-state index in [1.165, 1.54) is 4.90 Å². The number of amides is 3. The Kier molecular flexibility index (Phi) is 6.34. The summed E-state index contributed by atoms with van der Waals surface area (Å²) in [6, 6.07) is 22.5. The van der Waals surface area contributed by atoms with Crippen molar-refractivity contribution in [3.8, 4) is 5.75 Å². The number of methoxy groups -OCH3 is 1. The van der Waals surface area contributed by atoms with Crippen molar-refractivity contribution < 1.29 is 23.9 Å². The van der Waals surface area contributed by atoms with Crippen molar-refractivity contribution in [2.24, 2.45) is 14.1 Å². The van der Waals surface area contributed by atoms with E-state index >= 15 is 0 Å². The van der Waals surface area contributed by atoms with Crippen molar-refractivity contribution in [1.29, 1.82) is 0 Å². The van der Waals surface area contributed by atoms with Gasteiger partial charge in [-0.15, -0.1) is 0 Å². The zero-order valence-electron chi connectivity index (χ0n) is 23.1. The first-order chi connectivity index (χ1) is 19.8. The Morgan fingerprint density at radius 1 is 0.878 bits per heavy atom. The fourth-order valence-corrected chi connectivity index (χ4v) is 5.56. The predicted molar refractivity (Wildman–Crippen MR) is 157 cm³/mol. The van der Waals surface area contributed by atoms with Gasteiger partial charge in [0, 0.05) is 55.3 Å². The lowest BCUT2D eigenvalue weighted by molar-refractivity contribution is -0.122. The zero-order valence-corrected chi connectivity index (χ0v) is 23.1. The van der Waals surface area contributed by atoms with Crippen molar-refractivity contribution in [2.75, 3.05) is 19.1 Å². The minimum absolute atomic E-state index is 0.0929. The van der Waals surface area contributed by atoms with E-state index in [4.69, 9.17) is 9.47 Å². The Bertz CT molecular complexity index is 1900. The van der Waals surface area contributed by atoms with Crippen molar-refractivity contribution in [1.82, 2.24) is 14.5 Å². The lowest BCUT2D eigenvalue weighted by atomic mass is 9.94. The highest BCUT2D eigenvalue weighted by Gasteiger charge is 2.38. The lowest BCUT2D eigenvalue weighted by Gasteiger charge is -2.20. The topological polar surface area (TPSA) is 94.8 Å². The van der Waals surface area contributed by atoms with Gasteiger partial charge in [0.05, 0.1) is 29.3 Å². The number of ether oxygens (including phenoxy) is 2. The molecule has 0 atom stereocenters. The van der Waals surface area contributed by atoms with E-state index in [0.717, 1.165) is 27.4 Å². The molecular weight excluding hydrogens is 520 g/mol. The average Bonchev–Trinajstić information content (AvgIpc) is 3.58. The van der Waals surface area contributed by atoms with Gasteiger partial charge in [-0.05, 0) is 23.8 Å². The molecule has 0 bridgehead atoms. The fraction of sp³-hybridized carbons (Fsp3) is 0.156. The van der Waals surface area contributed by atoms with Gasteiger partial charge in [0.25, 0.3) is 11.8 Å². The molecule has 0 aliphatic carbocycles. The molecule has 0 unspecified atom stereocenters. The minimum atomic E-state index is -0.592. The van der Waals surface area contributed by atoms with Gasteiger partial charge < -0.3 is 18.6 Å². The maximum absolute atomic E-state index is 13.6. The smallest absolute Gasteiger partial charge is 0.415 e. The number of fused-ring (bicyclic) bond motifs is 2. The third-order valence-corrected chi connectivity index (χ3v) is 7.52. The Morgan fingerprint density at radius 3 is 2.34 bits per heavy atom. The van der Waals surface area contributed by atoms with Gasteiger partial charge in [0.1, 0.15) is 18.2 Å². The molecule has 5 aromatic rings. The van der Waals surface area contributed by atoms with E-state index in [1.807, 2.05) is 102 Å². The van der Waals surface area contributed by atoms with E-state index < -0.39 is 17.9 Å². The lowest BCUT2D eigenvalue weighted by Crippen LogP contribution is -2.30. The Hall–Kier alpha value is -5.31. The molecule has 3 amide bonds. The summed E-state index contributed by atoms with van der Waals surface area (Å²) in [5.74, 6) is 0.0857. The standard InChI is InChI=1S/C32H28N4O5/c1-34-17-23(21-15-14-20(40-4)16-25(21)34)26-28(30(38)33-29(26)37)27-22-12-8-9-13-24(22)35(2)31(27)36(3)32(39)41-18-19-10-6-5-7-11-19/h5-17H,18H2,1-4H3,(H,33,37,38). The van der Waals surface area contributed by atoms with Crippen LogP contribution in [-0.2, 0) is 35.0 Å². The number of rotatable bonds is 6. The molecule has 1 aliphatic rings. The monoisotopic (exact) mass is 548 g/mol. The normalized spacial score (nSPS) is 13.3.